The second kappa shape index (κ2) is 10.0. The number of nitriles is 1. The van der Waals surface area contributed by atoms with Crippen molar-refractivity contribution >= 4 is 50.6 Å². The van der Waals surface area contributed by atoms with Gasteiger partial charge in [0.1, 0.15) is 17.5 Å². The quantitative estimate of drug-likeness (QED) is 0.491. The van der Waals surface area contributed by atoms with Crippen molar-refractivity contribution < 1.29 is 4.21 Å². The molecule has 2 aromatic heterocycles. The van der Waals surface area contributed by atoms with Crippen molar-refractivity contribution in [1.29, 1.82) is 5.26 Å². The number of pyridine rings is 1. The lowest BCUT2D eigenvalue weighted by Crippen LogP contribution is -2.31. The largest absolute Gasteiger partial charge is 0.324 e. The third-order valence-corrected chi connectivity index (χ3v) is 7.73. The van der Waals surface area contributed by atoms with Gasteiger partial charge in [0.25, 0.3) is 0 Å². The molecule has 0 bridgehead atoms. The zero-order valence-corrected chi connectivity index (χ0v) is 22.1. The number of thioether (sulfide) groups is 1. The van der Waals surface area contributed by atoms with E-state index in [1.54, 1.807) is 30.7 Å². The smallest absolute Gasteiger partial charge is 0.229 e. The summed E-state index contributed by atoms with van der Waals surface area (Å²) in [5.41, 5.74) is 5.49. The summed E-state index contributed by atoms with van der Waals surface area (Å²) in [6.07, 6.45) is 5.81. The maximum absolute atomic E-state index is 12.0. The zero-order valence-electron chi connectivity index (χ0n) is 20.5. The van der Waals surface area contributed by atoms with Crippen LogP contribution in [0.4, 0.5) is 29.1 Å². The van der Waals surface area contributed by atoms with Crippen LogP contribution in [0.5, 0.6) is 0 Å². The first-order valence-electron chi connectivity index (χ1n) is 11.6. The van der Waals surface area contributed by atoms with Gasteiger partial charge in [-0.3, -0.25) is 0 Å². The highest BCUT2D eigenvalue weighted by Crippen LogP contribution is 2.40. The highest BCUT2D eigenvalue weighted by molar-refractivity contribution is 7.98. The molecular formula is C25H28N8OS2. The fraction of sp³-hybridized carbons (Fsp3) is 0.360. The Hall–Kier alpha value is -3.20. The Balaban J connectivity index is 1.44. The monoisotopic (exact) mass is 520 g/mol. The van der Waals surface area contributed by atoms with Crippen molar-refractivity contribution in [3.8, 4) is 6.07 Å². The van der Waals surface area contributed by atoms with Gasteiger partial charge in [-0.2, -0.15) is 26.4 Å². The molecule has 0 spiro atoms. The molecule has 0 saturated carbocycles. The topological polar surface area (TPSA) is 119 Å². The molecule has 0 radical (unpaired) electrons. The number of likely N-dealkylation sites (N-methyl/N-ethyl adjacent to an activating group) is 1. The molecule has 186 valence electrons. The summed E-state index contributed by atoms with van der Waals surface area (Å²) in [5.74, 6) is 4.29. The van der Waals surface area contributed by atoms with Gasteiger partial charge >= 0.3 is 0 Å². The first-order valence-corrected chi connectivity index (χ1v) is 15.1. The van der Waals surface area contributed by atoms with Gasteiger partial charge in [0.05, 0.1) is 6.20 Å². The summed E-state index contributed by atoms with van der Waals surface area (Å²) in [7, 11) is -0.168. The fourth-order valence-electron chi connectivity index (χ4n) is 4.73. The van der Waals surface area contributed by atoms with Crippen LogP contribution >= 0.6 is 11.8 Å². The lowest BCUT2D eigenvalue weighted by molar-refractivity contribution is 0.278. The number of nitrogens with one attached hydrogen (secondary N) is 2. The second-order valence-corrected chi connectivity index (χ2v) is 13.1. The van der Waals surface area contributed by atoms with Crippen LogP contribution in [0.1, 0.15) is 34.6 Å². The average molecular weight is 521 g/mol. The normalized spacial score (nSPS) is 17.4. The first kappa shape index (κ1) is 24.5. The van der Waals surface area contributed by atoms with E-state index in [0.29, 0.717) is 29.3 Å². The lowest BCUT2D eigenvalue weighted by atomic mass is 9.84. The number of nitrogens with zero attached hydrogens (tertiary/aromatic N) is 6. The maximum Gasteiger partial charge on any atom is 0.229 e. The SMILES string of the molecule is CN1Cc2cc(Nc3ncc(C#N)c(Nc4cccc(N=S(C)(C)=O)n4)n3)cc3c2C(CCSC3)C1. The van der Waals surface area contributed by atoms with E-state index < -0.39 is 9.73 Å². The highest BCUT2D eigenvalue weighted by Gasteiger charge is 2.28. The standard InChI is InChI=1S/C25H28N8OS2/c1-33-13-16-7-8-35-15-18-10-20(9-17(14-33)23(16)18)28-25-27-12-19(11-26)24(31-25)30-21-5-4-6-22(29-21)32-36(2,3)34/h4-6,9-10,12,16H,7-8,13-15H2,1-3H3,(H2,27,28,29,30,31). The molecule has 0 aliphatic carbocycles. The molecule has 5 rings (SSSR count). The number of aromatic nitrogens is 3. The van der Waals surface area contributed by atoms with Crippen LogP contribution in [0.25, 0.3) is 0 Å². The molecule has 2 aliphatic rings. The minimum absolute atomic E-state index is 0.289. The Morgan fingerprint density at radius 1 is 1.22 bits per heavy atom. The molecular weight excluding hydrogens is 492 g/mol. The average Bonchev–Trinajstić information content (AvgIpc) is 3.01. The molecule has 36 heavy (non-hydrogen) atoms. The third-order valence-electron chi connectivity index (χ3n) is 6.06. The van der Waals surface area contributed by atoms with Crippen molar-refractivity contribution in [3.63, 3.8) is 0 Å². The summed E-state index contributed by atoms with van der Waals surface area (Å²) in [6, 6.07) is 11.7. The molecule has 1 unspecified atom stereocenters. The fourth-order valence-corrected chi connectivity index (χ4v) is 6.34. The van der Waals surface area contributed by atoms with Gasteiger partial charge in [0.2, 0.25) is 5.95 Å². The van der Waals surface area contributed by atoms with Crippen molar-refractivity contribution in [1.82, 2.24) is 19.9 Å². The molecule has 3 aromatic rings. The number of anilines is 4. The Bertz CT molecular complexity index is 1470. The minimum Gasteiger partial charge on any atom is -0.324 e. The molecule has 1 atom stereocenters. The third kappa shape index (κ3) is 5.61. The van der Waals surface area contributed by atoms with Crippen LogP contribution < -0.4 is 10.6 Å². The summed E-state index contributed by atoms with van der Waals surface area (Å²) in [5, 5.41) is 16.0. The van der Waals surface area contributed by atoms with Gasteiger partial charge in [0, 0.05) is 46.8 Å². The second-order valence-electron chi connectivity index (χ2n) is 9.41. The summed E-state index contributed by atoms with van der Waals surface area (Å²) in [4.78, 5) is 15.7. The molecule has 0 amide bonds. The number of benzene rings is 1. The van der Waals surface area contributed by atoms with Crippen LogP contribution in [0, 0.1) is 11.3 Å². The van der Waals surface area contributed by atoms with E-state index in [2.05, 4.69) is 60.1 Å². The van der Waals surface area contributed by atoms with Crippen LogP contribution in [0.2, 0.25) is 0 Å². The molecule has 4 heterocycles. The number of hydrogen-bond donors (Lipinski definition) is 2. The lowest BCUT2D eigenvalue weighted by Gasteiger charge is -2.33. The molecule has 1 aromatic carbocycles. The van der Waals surface area contributed by atoms with Gasteiger partial charge in [-0.25, -0.2) is 14.2 Å². The van der Waals surface area contributed by atoms with Gasteiger partial charge in [-0.15, -0.1) is 0 Å². The van der Waals surface area contributed by atoms with E-state index in [1.165, 1.54) is 35.1 Å². The summed E-state index contributed by atoms with van der Waals surface area (Å²) >= 11 is 1.99. The molecule has 0 fully saturated rings. The predicted molar refractivity (Wildman–Crippen MR) is 146 cm³/mol. The number of rotatable bonds is 5. The van der Waals surface area contributed by atoms with E-state index in [1.807, 2.05) is 11.8 Å². The van der Waals surface area contributed by atoms with E-state index >= 15 is 0 Å². The van der Waals surface area contributed by atoms with Crippen LogP contribution in [0.15, 0.2) is 40.9 Å². The van der Waals surface area contributed by atoms with Crippen molar-refractivity contribution in [2.24, 2.45) is 4.36 Å². The summed E-state index contributed by atoms with van der Waals surface area (Å²) in [6.45, 7) is 2.03. The molecule has 2 aliphatic heterocycles. The Morgan fingerprint density at radius 2 is 2.06 bits per heavy atom. The van der Waals surface area contributed by atoms with Crippen molar-refractivity contribution in [2.45, 2.75) is 24.6 Å². The summed E-state index contributed by atoms with van der Waals surface area (Å²) < 4.78 is 16.2. The molecule has 0 saturated heterocycles. The molecule has 9 nitrogen and oxygen atoms in total. The molecule has 2 N–H and O–H groups in total. The van der Waals surface area contributed by atoms with E-state index in [4.69, 9.17) is 0 Å². The maximum atomic E-state index is 12.0. The Labute approximate surface area is 215 Å². The van der Waals surface area contributed by atoms with E-state index in [9.17, 15) is 9.47 Å². The van der Waals surface area contributed by atoms with E-state index in [-0.39, 0.29) is 5.56 Å². The van der Waals surface area contributed by atoms with Crippen LogP contribution in [-0.4, -0.2) is 55.9 Å². The highest BCUT2D eigenvalue weighted by atomic mass is 32.2. The Morgan fingerprint density at radius 3 is 2.86 bits per heavy atom. The van der Waals surface area contributed by atoms with Gasteiger partial charge in [0.15, 0.2) is 11.6 Å². The van der Waals surface area contributed by atoms with Gasteiger partial charge in [-0.1, -0.05) is 6.07 Å². The van der Waals surface area contributed by atoms with Crippen molar-refractivity contribution in [2.75, 3.05) is 42.5 Å². The van der Waals surface area contributed by atoms with Crippen LogP contribution in [0.3, 0.4) is 0 Å². The zero-order chi connectivity index (χ0) is 25.3. The Kier molecular flexibility index (Phi) is 6.83. The number of hydrogen-bond acceptors (Lipinski definition) is 10. The first-order chi connectivity index (χ1) is 17.3. The van der Waals surface area contributed by atoms with E-state index in [0.717, 1.165) is 24.5 Å². The van der Waals surface area contributed by atoms with Crippen LogP contribution in [-0.2, 0) is 22.0 Å². The van der Waals surface area contributed by atoms with Gasteiger partial charge < -0.3 is 15.5 Å². The molecule has 11 heteroatoms. The minimum atomic E-state index is -2.35. The van der Waals surface area contributed by atoms with Gasteiger partial charge in [-0.05, 0) is 66.1 Å². The van der Waals surface area contributed by atoms with Crippen molar-refractivity contribution in [3.05, 3.63) is 58.8 Å². The predicted octanol–water partition coefficient (Wildman–Crippen LogP) is 4.76.